The number of hydrogen-bond donors (Lipinski definition) is 1. The van der Waals surface area contributed by atoms with Gasteiger partial charge in [0.1, 0.15) is 0 Å². The summed E-state index contributed by atoms with van der Waals surface area (Å²) < 4.78 is 0. The quantitative estimate of drug-likeness (QED) is 0.772. The van der Waals surface area contributed by atoms with Crippen LogP contribution in [0, 0.1) is 0 Å². The third kappa shape index (κ3) is 2.42. The second-order valence-electron chi connectivity index (χ2n) is 4.35. The lowest BCUT2D eigenvalue weighted by Gasteiger charge is -2.32. The van der Waals surface area contributed by atoms with Crippen molar-refractivity contribution in [2.75, 3.05) is 18.0 Å². The van der Waals surface area contributed by atoms with E-state index in [1.54, 1.807) is 6.92 Å². The van der Waals surface area contributed by atoms with Crippen molar-refractivity contribution < 1.29 is 9.90 Å². The molecule has 1 aromatic rings. The van der Waals surface area contributed by atoms with Gasteiger partial charge in [-0.1, -0.05) is 0 Å². The Bertz CT molecular complexity index is 372. The number of piperidine rings is 1. The highest BCUT2D eigenvalue weighted by Crippen LogP contribution is 2.20. The number of benzene rings is 1. The summed E-state index contributed by atoms with van der Waals surface area (Å²) in [5, 5.41) is 9.59. The maximum absolute atomic E-state index is 11.1. The molecule has 1 aliphatic rings. The Labute approximate surface area is 95.7 Å². The van der Waals surface area contributed by atoms with Crippen LogP contribution in [0.1, 0.15) is 30.1 Å². The minimum Gasteiger partial charge on any atom is -0.391 e. The molecular formula is C13H17NO2. The van der Waals surface area contributed by atoms with Crippen LogP contribution in [0.3, 0.4) is 0 Å². The van der Waals surface area contributed by atoms with Crippen LogP contribution in [0.5, 0.6) is 0 Å². The summed E-state index contributed by atoms with van der Waals surface area (Å²) >= 11 is 0. The van der Waals surface area contributed by atoms with Gasteiger partial charge in [0.05, 0.1) is 6.10 Å². The molecule has 1 unspecified atom stereocenters. The summed E-state index contributed by atoms with van der Waals surface area (Å²) in [6, 6.07) is 7.60. The summed E-state index contributed by atoms with van der Waals surface area (Å²) in [5.74, 6) is 0.0882. The zero-order valence-corrected chi connectivity index (χ0v) is 9.52. The third-order valence-electron chi connectivity index (χ3n) is 3.04. The fraction of sp³-hybridized carbons (Fsp3) is 0.462. The second-order valence-corrected chi connectivity index (χ2v) is 4.35. The van der Waals surface area contributed by atoms with E-state index in [9.17, 15) is 9.90 Å². The van der Waals surface area contributed by atoms with Crippen LogP contribution in [0.4, 0.5) is 5.69 Å². The fourth-order valence-electron chi connectivity index (χ4n) is 2.10. The van der Waals surface area contributed by atoms with Crippen molar-refractivity contribution in [3.05, 3.63) is 29.8 Å². The molecule has 1 saturated heterocycles. The molecule has 1 atom stereocenters. The molecule has 1 aromatic carbocycles. The fourth-order valence-corrected chi connectivity index (χ4v) is 2.10. The number of β-amino-alcohol motifs (C(OH)–C–C–N with tert-alkyl or cyclic N) is 1. The van der Waals surface area contributed by atoms with Crippen molar-refractivity contribution >= 4 is 11.5 Å². The predicted molar refractivity (Wildman–Crippen MR) is 63.9 cm³/mol. The lowest BCUT2D eigenvalue weighted by molar-refractivity contribution is 0.101. The third-order valence-corrected chi connectivity index (χ3v) is 3.04. The maximum atomic E-state index is 11.1. The first-order valence-electron chi connectivity index (χ1n) is 5.71. The molecule has 0 aromatic heterocycles. The van der Waals surface area contributed by atoms with E-state index in [2.05, 4.69) is 4.90 Å². The van der Waals surface area contributed by atoms with Crippen molar-refractivity contribution in [3.63, 3.8) is 0 Å². The molecule has 0 aliphatic carbocycles. The first-order chi connectivity index (χ1) is 7.66. The van der Waals surface area contributed by atoms with Crippen molar-refractivity contribution in [1.29, 1.82) is 0 Å². The van der Waals surface area contributed by atoms with E-state index < -0.39 is 0 Å². The van der Waals surface area contributed by atoms with E-state index in [0.717, 1.165) is 30.6 Å². The number of carbonyl (C=O) groups is 1. The second kappa shape index (κ2) is 4.66. The number of nitrogens with zero attached hydrogens (tertiary/aromatic N) is 1. The van der Waals surface area contributed by atoms with Gasteiger partial charge in [-0.05, 0) is 44.0 Å². The van der Waals surface area contributed by atoms with E-state index in [1.807, 2.05) is 24.3 Å². The number of Topliss-reactive ketones (excluding diaryl/α,β-unsaturated/α-hetero) is 1. The molecule has 0 spiro atoms. The van der Waals surface area contributed by atoms with Gasteiger partial charge in [0.2, 0.25) is 0 Å². The van der Waals surface area contributed by atoms with Gasteiger partial charge in [-0.3, -0.25) is 4.79 Å². The molecule has 0 saturated carbocycles. The SMILES string of the molecule is CC(=O)c1ccc(N2CCCC(O)C2)cc1. The molecule has 86 valence electrons. The summed E-state index contributed by atoms with van der Waals surface area (Å²) in [6.45, 7) is 3.25. The number of hydrogen-bond acceptors (Lipinski definition) is 3. The van der Waals surface area contributed by atoms with E-state index in [-0.39, 0.29) is 11.9 Å². The Hall–Kier alpha value is -1.35. The van der Waals surface area contributed by atoms with Crippen LogP contribution < -0.4 is 4.90 Å². The zero-order chi connectivity index (χ0) is 11.5. The minimum atomic E-state index is -0.221. The molecule has 16 heavy (non-hydrogen) atoms. The number of aliphatic hydroxyl groups excluding tert-OH is 1. The van der Waals surface area contributed by atoms with E-state index in [1.165, 1.54) is 0 Å². The van der Waals surface area contributed by atoms with Gasteiger partial charge in [-0.2, -0.15) is 0 Å². The van der Waals surface area contributed by atoms with Crippen LogP contribution in [-0.2, 0) is 0 Å². The van der Waals surface area contributed by atoms with Crippen LogP contribution in [0.15, 0.2) is 24.3 Å². The summed E-state index contributed by atoms with van der Waals surface area (Å²) in [6.07, 6.45) is 1.69. The van der Waals surface area contributed by atoms with Gasteiger partial charge in [0.25, 0.3) is 0 Å². The normalized spacial score (nSPS) is 20.9. The van der Waals surface area contributed by atoms with E-state index in [0.29, 0.717) is 6.54 Å². The zero-order valence-electron chi connectivity index (χ0n) is 9.52. The Kier molecular flexibility index (Phi) is 3.25. The summed E-state index contributed by atoms with van der Waals surface area (Å²) in [5.41, 5.74) is 1.82. The van der Waals surface area contributed by atoms with Gasteiger partial charge < -0.3 is 10.0 Å². The molecule has 3 nitrogen and oxygen atoms in total. The first-order valence-corrected chi connectivity index (χ1v) is 5.71. The lowest BCUT2D eigenvalue weighted by Crippen LogP contribution is -2.38. The van der Waals surface area contributed by atoms with Gasteiger partial charge in [0, 0.05) is 24.3 Å². The molecule has 2 rings (SSSR count). The molecule has 0 radical (unpaired) electrons. The molecule has 0 bridgehead atoms. The minimum absolute atomic E-state index is 0.0882. The molecule has 1 aliphatic heterocycles. The van der Waals surface area contributed by atoms with Crippen LogP contribution in [0.25, 0.3) is 0 Å². The van der Waals surface area contributed by atoms with Crippen LogP contribution in [0.2, 0.25) is 0 Å². The number of ketones is 1. The molecule has 1 N–H and O–H groups in total. The van der Waals surface area contributed by atoms with Crippen LogP contribution in [-0.4, -0.2) is 30.1 Å². The molecule has 0 amide bonds. The highest BCUT2D eigenvalue weighted by molar-refractivity contribution is 5.94. The molecular weight excluding hydrogens is 202 g/mol. The Balaban J connectivity index is 2.11. The van der Waals surface area contributed by atoms with Gasteiger partial charge in [0.15, 0.2) is 5.78 Å². The molecule has 3 heteroatoms. The van der Waals surface area contributed by atoms with Gasteiger partial charge in [-0.25, -0.2) is 0 Å². The number of aliphatic hydroxyl groups is 1. The molecule has 1 heterocycles. The van der Waals surface area contributed by atoms with E-state index >= 15 is 0 Å². The van der Waals surface area contributed by atoms with Crippen molar-refractivity contribution in [2.45, 2.75) is 25.9 Å². The number of rotatable bonds is 2. The van der Waals surface area contributed by atoms with Crippen LogP contribution >= 0.6 is 0 Å². The molecule has 1 fully saturated rings. The van der Waals surface area contributed by atoms with Crippen molar-refractivity contribution in [2.24, 2.45) is 0 Å². The summed E-state index contributed by atoms with van der Waals surface area (Å²) in [7, 11) is 0. The van der Waals surface area contributed by atoms with Crippen molar-refractivity contribution in [3.8, 4) is 0 Å². The summed E-state index contributed by atoms with van der Waals surface area (Å²) in [4.78, 5) is 13.3. The topological polar surface area (TPSA) is 40.5 Å². The Morgan fingerprint density at radius 1 is 1.38 bits per heavy atom. The smallest absolute Gasteiger partial charge is 0.159 e. The van der Waals surface area contributed by atoms with Gasteiger partial charge >= 0.3 is 0 Å². The largest absolute Gasteiger partial charge is 0.391 e. The highest BCUT2D eigenvalue weighted by atomic mass is 16.3. The Morgan fingerprint density at radius 2 is 2.06 bits per heavy atom. The average Bonchev–Trinajstić information content (AvgIpc) is 2.29. The van der Waals surface area contributed by atoms with Gasteiger partial charge in [-0.15, -0.1) is 0 Å². The predicted octanol–water partition coefficient (Wildman–Crippen LogP) is 1.85. The monoisotopic (exact) mass is 219 g/mol. The number of carbonyl (C=O) groups excluding carboxylic acids is 1. The van der Waals surface area contributed by atoms with E-state index in [4.69, 9.17) is 0 Å². The Morgan fingerprint density at radius 3 is 2.62 bits per heavy atom. The first kappa shape index (κ1) is 11.1. The average molecular weight is 219 g/mol. The maximum Gasteiger partial charge on any atom is 0.159 e. The highest BCUT2D eigenvalue weighted by Gasteiger charge is 2.17. The standard InChI is InChI=1S/C13H17NO2/c1-10(15)11-4-6-12(7-5-11)14-8-2-3-13(16)9-14/h4-7,13,16H,2-3,8-9H2,1H3. The lowest BCUT2D eigenvalue weighted by atomic mass is 10.1. The van der Waals surface area contributed by atoms with Crippen molar-refractivity contribution in [1.82, 2.24) is 0 Å². The number of anilines is 1.